The predicted octanol–water partition coefficient (Wildman–Crippen LogP) is 1.22. The van der Waals surface area contributed by atoms with Crippen LogP contribution < -0.4 is 0 Å². The molecule has 1 fully saturated rings. The standard InChI is InChI=1S/C15H16N2O5S/c1-2-21-14(19)9-13-17(12(18)10-23-13)7-8-22-15(20)11-5-3-4-6-16-11/h3-6,9H,2,7-8,10H2,1H3/b13-9+. The summed E-state index contributed by atoms with van der Waals surface area (Å²) in [7, 11) is 0. The lowest BCUT2D eigenvalue weighted by atomic mass is 10.3. The van der Waals surface area contributed by atoms with Gasteiger partial charge in [-0.1, -0.05) is 17.8 Å². The average Bonchev–Trinajstić information content (AvgIpc) is 2.89. The molecule has 0 aliphatic carbocycles. The molecule has 1 aliphatic rings. The molecule has 2 heterocycles. The number of thioether (sulfide) groups is 1. The summed E-state index contributed by atoms with van der Waals surface area (Å²) in [4.78, 5) is 40.4. The van der Waals surface area contributed by atoms with Gasteiger partial charge in [0.1, 0.15) is 12.3 Å². The van der Waals surface area contributed by atoms with E-state index in [1.807, 2.05) is 0 Å². The molecule has 7 nitrogen and oxygen atoms in total. The van der Waals surface area contributed by atoms with Gasteiger partial charge in [0.25, 0.3) is 0 Å². The Labute approximate surface area is 137 Å². The maximum absolute atomic E-state index is 11.8. The van der Waals surface area contributed by atoms with Gasteiger partial charge in [-0.05, 0) is 19.1 Å². The maximum Gasteiger partial charge on any atom is 0.356 e. The van der Waals surface area contributed by atoms with Gasteiger partial charge >= 0.3 is 11.9 Å². The van der Waals surface area contributed by atoms with Gasteiger partial charge in [-0.2, -0.15) is 0 Å². The van der Waals surface area contributed by atoms with Gasteiger partial charge in [0, 0.05) is 6.20 Å². The van der Waals surface area contributed by atoms with Gasteiger partial charge in [0.15, 0.2) is 0 Å². The van der Waals surface area contributed by atoms with Crippen LogP contribution in [0.2, 0.25) is 0 Å². The molecule has 1 aromatic heterocycles. The molecule has 0 radical (unpaired) electrons. The van der Waals surface area contributed by atoms with E-state index < -0.39 is 11.9 Å². The first-order chi connectivity index (χ1) is 11.1. The number of ether oxygens (including phenoxy) is 2. The highest BCUT2D eigenvalue weighted by molar-refractivity contribution is 8.04. The summed E-state index contributed by atoms with van der Waals surface area (Å²) in [6.45, 7) is 2.17. The molecule has 1 amide bonds. The number of hydrogen-bond donors (Lipinski definition) is 0. The minimum Gasteiger partial charge on any atom is -0.463 e. The van der Waals surface area contributed by atoms with E-state index in [9.17, 15) is 14.4 Å². The predicted molar refractivity (Wildman–Crippen MR) is 83.4 cm³/mol. The zero-order valence-corrected chi connectivity index (χ0v) is 13.4. The zero-order chi connectivity index (χ0) is 16.7. The zero-order valence-electron chi connectivity index (χ0n) is 12.6. The highest BCUT2D eigenvalue weighted by atomic mass is 32.2. The average molecular weight is 336 g/mol. The number of pyridine rings is 1. The molecule has 1 aromatic rings. The normalized spacial score (nSPS) is 15.8. The highest BCUT2D eigenvalue weighted by Crippen LogP contribution is 2.28. The topological polar surface area (TPSA) is 85.8 Å². The summed E-state index contributed by atoms with van der Waals surface area (Å²) < 4.78 is 9.92. The van der Waals surface area contributed by atoms with Crippen molar-refractivity contribution in [3.8, 4) is 0 Å². The summed E-state index contributed by atoms with van der Waals surface area (Å²) in [5.41, 5.74) is 0.205. The lowest BCUT2D eigenvalue weighted by Crippen LogP contribution is -2.29. The minimum absolute atomic E-state index is 0.0157. The molecule has 0 unspecified atom stereocenters. The van der Waals surface area contributed by atoms with Crippen molar-refractivity contribution in [1.82, 2.24) is 9.88 Å². The lowest BCUT2D eigenvalue weighted by Gasteiger charge is -2.16. The molecule has 122 valence electrons. The summed E-state index contributed by atoms with van der Waals surface area (Å²) in [5.74, 6) is -0.945. The Hall–Kier alpha value is -2.35. The van der Waals surface area contributed by atoms with E-state index in [1.165, 1.54) is 28.9 Å². The molecule has 0 aromatic carbocycles. The van der Waals surface area contributed by atoms with Crippen molar-refractivity contribution in [1.29, 1.82) is 0 Å². The van der Waals surface area contributed by atoms with Crippen LogP contribution >= 0.6 is 11.8 Å². The molecule has 0 saturated carbocycles. The van der Waals surface area contributed by atoms with Crippen LogP contribution in [0.25, 0.3) is 0 Å². The van der Waals surface area contributed by atoms with Crippen LogP contribution in [0.5, 0.6) is 0 Å². The second-order valence-corrected chi connectivity index (χ2v) is 5.42. The van der Waals surface area contributed by atoms with Crippen LogP contribution in [-0.4, -0.2) is 53.2 Å². The second kappa shape index (κ2) is 8.33. The SMILES string of the molecule is CCOC(=O)/C=C1/SCC(=O)N1CCOC(=O)c1ccccn1. The highest BCUT2D eigenvalue weighted by Gasteiger charge is 2.27. The summed E-state index contributed by atoms with van der Waals surface area (Å²) in [5, 5.41) is 0.502. The first-order valence-corrected chi connectivity index (χ1v) is 8.00. The molecule has 0 atom stereocenters. The Bertz CT molecular complexity index is 618. The van der Waals surface area contributed by atoms with Crippen molar-refractivity contribution < 1.29 is 23.9 Å². The summed E-state index contributed by atoms with van der Waals surface area (Å²) >= 11 is 1.25. The molecule has 8 heteroatoms. The van der Waals surface area contributed by atoms with Crippen LogP contribution in [0.15, 0.2) is 35.5 Å². The summed E-state index contributed by atoms with van der Waals surface area (Å²) in [6, 6.07) is 4.93. The third-order valence-corrected chi connectivity index (χ3v) is 3.89. The smallest absolute Gasteiger partial charge is 0.356 e. The molecule has 0 spiro atoms. The molecule has 1 saturated heterocycles. The number of aromatic nitrogens is 1. The number of carbonyl (C=O) groups is 3. The Morgan fingerprint density at radius 3 is 2.91 bits per heavy atom. The Balaban J connectivity index is 1.89. The van der Waals surface area contributed by atoms with E-state index in [1.54, 1.807) is 25.1 Å². The first kappa shape index (κ1) is 17.0. The van der Waals surface area contributed by atoms with E-state index >= 15 is 0 Å². The third kappa shape index (κ3) is 4.82. The van der Waals surface area contributed by atoms with E-state index in [-0.39, 0.29) is 37.1 Å². The van der Waals surface area contributed by atoms with Crippen molar-refractivity contribution in [2.75, 3.05) is 25.5 Å². The van der Waals surface area contributed by atoms with Gasteiger partial charge < -0.3 is 14.4 Å². The van der Waals surface area contributed by atoms with Crippen molar-refractivity contribution in [3.05, 3.63) is 41.2 Å². The Morgan fingerprint density at radius 2 is 2.22 bits per heavy atom. The molecule has 0 bridgehead atoms. The maximum atomic E-state index is 11.8. The van der Waals surface area contributed by atoms with Gasteiger partial charge in [0.2, 0.25) is 5.91 Å². The van der Waals surface area contributed by atoms with E-state index in [0.29, 0.717) is 5.03 Å². The van der Waals surface area contributed by atoms with E-state index in [2.05, 4.69) is 4.98 Å². The Kier molecular flexibility index (Phi) is 6.16. The van der Waals surface area contributed by atoms with Crippen LogP contribution in [0.3, 0.4) is 0 Å². The van der Waals surface area contributed by atoms with Crippen molar-refractivity contribution in [3.63, 3.8) is 0 Å². The molecular weight excluding hydrogens is 320 g/mol. The molecule has 0 N–H and O–H groups in total. The number of hydrogen-bond acceptors (Lipinski definition) is 7. The number of nitrogens with zero attached hydrogens (tertiary/aromatic N) is 2. The largest absolute Gasteiger partial charge is 0.463 e. The van der Waals surface area contributed by atoms with Crippen LogP contribution in [-0.2, 0) is 19.1 Å². The molecule has 2 rings (SSSR count). The van der Waals surface area contributed by atoms with Gasteiger partial charge in [-0.3, -0.25) is 4.79 Å². The number of carbonyl (C=O) groups excluding carboxylic acids is 3. The van der Waals surface area contributed by atoms with Crippen LogP contribution in [0.4, 0.5) is 0 Å². The third-order valence-electron chi connectivity index (χ3n) is 2.86. The van der Waals surface area contributed by atoms with E-state index in [4.69, 9.17) is 9.47 Å². The van der Waals surface area contributed by atoms with Crippen LogP contribution in [0, 0.1) is 0 Å². The van der Waals surface area contributed by atoms with Crippen molar-refractivity contribution in [2.24, 2.45) is 0 Å². The fraction of sp³-hybridized carbons (Fsp3) is 0.333. The number of esters is 2. The lowest BCUT2D eigenvalue weighted by molar-refractivity contribution is -0.137. The fourth-order valence-electron chi connectivity index (χ4n) is 1.84. The number of rotatable bonds is 6. The van der Waals surface area contributed by atoms with Gasteiger partial charge in [-0.15, -0.1) is 0 Å². The van der Waals surface area contributed by atoms with Crippen molar-refractivity contribution >= 4 is 29.6 Å². The fourth-order valence-corrected chi connectivity index (χ4v) is 2.80. The second-order valence-electron chi connectivity index (χ2n) is 4.42. The molecular formula is C15H16N2O5S. The van der Waals surface area contributed by atoms with Crippen LogP contribution in [0.1, 0.15) is 17.4 Å². The molecule has 1 aliphatic heterocycles. The first-order valence-electron chi connectivity index (χ1n) is 7.01. The summed E-state index contributed by atoms with van der Waals surface area (Å²) in [6.07, 6.45) is 2.77. The van der Waals surface area contributed by atoms with Crippen molar-refractivity contribution in [2.45, 2.75) is 6.92 Å². The quantitative estimate of drug-likeness (QED) is 0.570. The number of amides is 1. The van der Waals surface area contributed by atoms with E-state index in [0.717, 1.165) is 0 Å². The monoisotopic (exact) mass is 336 g/mol. The van der Waals surface area contributed by atoms with Gasteiger partial charge in [0.05, 0.1) is 30.0 Å². The van der Waals surface area contributed by atoms with Gasteiger partial charge in [-0.25, -0.2) is 14.6 Å². The minimum atomic E-state index is -0.555. The molecule has 23 heavy (non-hydrogen) atoms. The Morgan fingerprint density at radius 1 is 1.39 bits per heavy atom.